The molecule has 2 heterocycles. The van der Waals surface area contributed by atoms with Gasteiger partial charge in [0.2, 0.25) is 0 Å². The summed E-state index contributed by atoms with van der Waals surface area (Å²) in [6, 6.07) is 7.38. The molecule has 0 saturated carbocycles. The number of hydrogen-bond donors (Lipinski definition) is 1. The number of methoxy groups -OCH3 is 1. The quantitative estimate of drug-likeness (QED) is 0.894. The van der Waals surface area contributed by atoms with Gasteiger partial charge in [-0.05, 0) is 49.8 Å². The second kappa shape index (κ2) is 8.65. The Labute approximate surface area is 154 Å². The van der Waals surface area contributed by atoms with E-state index in [0.29, 0.717) is 17.2 Å². The van der Waals surface area contributed by atoms with Gasteiger partial charge in [0.1, 0.15) is 11.6 Å². The normalized spacial score (nSPS) is 17.5. The van der Waals surface area contributed by atoms with Crippen LogP contribution < -0.4 is 10.1 Å². The number of nitrogens with one attached hydrogen (secondary N) is 1. The second-order valence-corrected chi connectivity index (χ2v) is 6.67. The van der Waals surface area contributed by atoms with Gasteiger partial charge in [0, 0.05) is 25.7 Å². The molecule has 6 heteroatoms. The highest BCUT2D eigenvalue weighted by atomic mass is 16.5. The number of nitrogens with zero attached hydrogens (tertiary/aromatic N) is 3. The number of carbonyl (C=O) groups excluding carboxylic acids is 1. The van der Waals surface area contributed by atoms with Crippen LogP contribution in [0.3, 0.4) is 0 Å². The van der Waals surface area contributed by atoms with E-state index in [1.54, 1.807) is 13.3 Å². The third-order valence-corrected chi connectivity index (χ3v) is 4.91. The maximum atomic E-state index is 12.8. The van der Waals surface area contributed by atoms with Gasteiger partial charge in [0.15, 0.2) is 0 Å². The molecule has 6 nitrogen and oxygen atoms in total. The number of likely N-dealkylation sites (tertiary alicyclic amines) is 1. The third kappa shape index (κ3) is 4.50. The first-order valence-corrected chi connectivity index (χ1v) is 9.11. The maximum Gasteiger partial charge on any atom is 0.253 e. The molecule has 26 heavy (non-hydrogen) atoms. The third-order valence-electron chi connectivity index (χ3n) is 4.91. The van der Waals surface area contributed by atoms with E-state index in [9.17, 15) is 4.79 Å². The first kappa shape index (κ1) is 18.2. The Hall–Kier alpha value is -2.63. The van der Waals surface area contributed by atoms with E-state index in [-0.39, 0.29) is 5.91 Å². The second-order valence-electron chi connectivity index (χ2n) is 6.67. The first-order valence-electron chi connectivity index (χ1n) is 9.11. The zero-order chi connectivity index (χ0) is 18.4. The van der Waals surface area contributed by atoms with Crippen LogP contribution in [0.1, 0.15) is 35.3 Å². The van der Waals surface area contributed by atoms with Crippen molar-refractivity contribution in [3.63, 3.8) is 0 Å². The molecule has 138 valence electrons. The first-order chi connectivity index (χ1) is 12.7. The summed E-state index contributed by atoms with van der Waals surface area (Å²) in [5.41, 5.74) is 1.71. The summed E-state index contributed by atoms with van der Waals surface area (Å²) in [6.07, 6.45) is 7.64. The van der Waals surface area contributed by atoms with E-state index in [4.69, 9.17) is 4.74 Å². The Kier molecular flexibility index (Phi) is 6.04. The van der Waals surface area contributed by atoms with E-state index in [0.717, 1.165) is 50.3 Å². The van der Waals surface area contributed by atoms with Crippen molar-refractivity contribution in [3.05, 3.63) is 47.9 Å². The molecule has 1 aromatic carbocycles. The minimum atomic E-state index is 0.0858. The van der Waals surface area contributed by atoms with Crippen LogP contribution in [0.4, 0.5) is 5.82 Å². The lowest BCUT2D eigenvalue weighted by molar-refractivity contribution is 0.0759. The topological polar surface area (TPSA) is 67.4 Å². The van der Waals surface area contributed by atoms with Crippen molar-refractivity contribution in [2.75, 3.05) is 32.6 Å². The average Bonchev–Trinajstić information content (AvgIpc) is 2.93. The van der Waals surface area contributed by atoms with Gasteiger partial charge in [-0.1, -0.05) is 6.07 Å². The number of amides is 1. The molecule has 1 fully saturated rings. The summed E-state index contributed by atoms with van der Waals surface area (Å²) < 4.78 is 5.23. The SMILES string of the molecule is CNc1cnc(C[C@@H]2CCCN(C(=O)c3cccc(OC)c3)CC2)cn1. The number of ether oxygens (including phenoxy) is 1. The molecular weight excluding hydrogens is 328 g/mol. The standard InChI is InChI=1S/C20H26N4O2/c1-21-19-14-22-17(13-23-19)11-15-5-4-9-24(10-8-15)20(25)16-6-3-7-18(12-16)26-2/h3,6-7,12-15H,4-5,8-11H2,1-2H3,(H,21,23)/t15-/m1/s1. The summed E-state index contributed by atoms with van der Waals surface area (Å²) in [5.74, 6) is 2.12. The number of benzene rings is 1. The van der Waals surface area contributed by atoms with Crippen molar-refractivity contribution >= 4 is 11.7 Å². The van der Waals surface area contributed by atoms with E-state index in [1.165, 1.54) is 0 Å². The fraction of sp³-hybridized carbons (Fsp3) is 0.450. The number of anilines is 1. The average molecular weight is 354 g/mol. The molecule has 1 N–H and O–H groups in total. The Bertz CT molecular complexity index is 733. The summed E-state index contributed by atoms with van der Waals surface area (Å²) in [6.45, 7) is 1.58. The van der Waals surface area contributed by atoms with Gasteiger partial charge in [-0.15, -0.1) is 0 Å². The lowest BCUT2D eigenvalue weighted by Gasteiger charge is -2.21. The number of aromatic nitrogens is 2. The molecule has 2 aromatic rings. The number of hydrogen-bond acceptors (Lipinski definition) is 5. The summed E-state index contributed by atoms with van der Waals surface area (Å²) >= 11 is 0. The number of carbonyl (C=O) groups is 1. The fourth-order valence-electron chi connectivity index (χ4n) is 3.40. The van der Waals surface area contributed by atoms with Gasteiger partial charge in [-0.25, -0.2) is 4.98 Å². The van der Waals surface area contributed by atoms with Crippen molar-refractivity contribution in [1.82, 2.24) is 14.9 Å². The Morgan fingerprint density at radius 3 is 2.88 bits per heavy atom. The molecule has 1 saturated heterocycles. The number of rotatable bonds is 5. The Morgan fingerprint density at radius 2 is 2.15 bits per heavy atom. The predicted octanol–water partition coefficient (Wildman–Crippen LogP) is 3.01. The van der Waals surface area contributed by atoms with Crippen molar-refractivity contribution in [3.8, 4) is 5.75 Å². The molecular formula is C20H26N4O2. The van der Waals surface area contributed by atoms with E-state index >= 15 is 0 Å². The molecule has 0 aliphatic carbocycles. The smallest absolute Gasteiger partial charge is 0.253 e. The van der Waals surface area contributed by atoms with Crippen molar-refractivity contribution < 1.29 is 9.53 Å². The lowest BCUT2D eigenvalue weighted by atomic mass is 9.95. The van der Waals surface area contributed by atoms with Gasteiger partial charge >= 0.3 is 0 Å². The Morgan fingerprint density at radius 1 is 1.27 bits per heavy atom. The minimum absolute atomic E-state index is 0.0858. The summed E-state index contributed by atoms with van der Waals surface area (Å²) in [4.78, 5) is 23.6. The van der Waals surface area contributed by atoms with Crippen LogP contribution in [0.15, 0.2) is 36.7 Å². The molecule has 1 amide bonds. The highest BCUT2D eigenvalue weighted by Crippen LogP contribution is 2.23. The predicted molar refractivity (Wildman–Crippen MR) is 102 cm³/mol. The molecule has 0 unspecified atom stereocenters. The van der Waals surface area contributed by atoms with Crippen LogP contribution >= 0.6 is 0 Å². The van der Waals surface area contributed by atoms with Gasteiger partial charge in [-0.2, -0.15) is 0 Å². The van der Waals surface area contributed by atoms with Gasteiger partial charge < -0.3 is 15.0 Å². The molecule has 1 aromatic heterocycles. The van der Waals surface area contributed by atoms with Gasteiger partial charge in [-0.3, -0.25) is 9.78 Å². The lowest BCUT2D eigenvalue weighted by Crippen LogP contribution is -2.32. The molecule has 1 atom stereocenters. The summed E-state index contributed by atoms with van der Waals surface area (Å²) in [7, 11) is 3.45. The largest absolute Gasteiger partial charge is 0.497 e. The van der Waals surface area contributed by atoms with Crippen LogP contribution in [0.5, 0.6) is 5.75 Å². The van der Waals surface area contributed by atoms with E-state index in [1.807, 2.05) is 42.4 Å². The fourth-order valence-corrected chi connectivity index (χ4v) is 3.40. The van der Waals surface area contributed by atoms with Crippen LogP contribution in [-0.4, -0.2) is 48.0 Å². The Balaban J connectivity index is 1.59. The van der Waals surface area contributed by atoms with E-state index in [2.05, 4.69) is 15.3 Å². The van der Waals surface area contributed by atoms with Crippen molar-refractivity contribution in [1.29, 1.82) is 0 Å². The van der Waals surface area contributed by atoms with Crippen LogP contribution in [0.25, 0.3) is 0 Å². The molecule has 3 rings (SSSR count). The maximum absolute atomic E-state index is 12.8. The zero-order valence-corrected chi connectivity index (χ0v) is 15.4. The van der Waals surface area contributed by atoms with Crippen LogP contribution in [-0.2, 0) is 6.42 Å². The molecule has 1 aliphatic rings. The molecule has 0 spiro atoms. The van der Waals surface area contributed by atoms with Crippen molar-refractivity contribution in [2.45, 2.75) is 25.7 Å². The molecule has 0 bridgehead atoms. The van der Waals surface area contributed by atoms with Crippen LogP contribution in [0.2, 0.25) is 0 Å². The van der Waals surface area contributed by atoms with E-state index < -0.39 is 0 Å². The summed E-state index contributed by atoms with van der Waals surface area (Å²) in [5, 5.41) is 2.98. The molecule has 0 radical (unpaired) electrons. The van der Waals surface area contributed by atoms with Gasteiger partial charge in [0.05, 0.1) is 25.2 Å². The van der Waals surface area contributed by atoms with Gasteiger partial charge in [0.25, 0.3) is 5.91 Å². The monoisotopic (exact) mass is 354 g/mol. The zero-order valence-electron chi connectivity index (χ0n) is 15.4. The van der Waals surface area contributed by atoms with Crippen LogP contribution in [0, 0.1) is 5.92 Å². The van der Waals surface area contributed by atoms with Crippen molar-refractivity contribution in [2.24, 2.45) is 5.92 Å². The highest BCUT2D eigenvalue weighted by molar-refractivity contribution is 5.94. The minimum Gasteiger partial charge on any atom is -0.497 e. The molecule has 1 aliphatic heterocycles. The highest BCUT2D eigenvalue weighted by Gasteiger charge is 2.22.